The van der Waals surface area contributed by atoms with Gasteiger partial charge in [0.25, 0.3) is 0 Å². The normalized spacial score (nSPS) is 10.2. The van der Waals surface area contributed by atoms with E-state index in [1.165, 1.54) is 5.56 Å². The molecule has 0 aliphatic heterocycles. The van der Waals surface area contributed by atoms with Crippen LogP contribution in [-0.4, -0.2) is 19.5 Å². The number of aryl methyl sites for hydroxylation is 1. The maximum absolute atomic E-state index is 11.1. The minimum Gasteiger partial charge on any atom is -0.490 e. The van der Waals surface area contributed by atoms with E-state index in [0.717, 1.165) is 30.4 Å². The standard InChI is InChI=1S/C21H24O3/c1-3-9-19-14-18(16-22)15-20(23-4-2)21(19)24-13-8-12-17-10-6-5-7-11-17/h3,5-7,10-11,14-16H,1,4,8-9,12-13H2,2H3. The number of aldehydes is 1. The maximum atomic E-state index is 11.1. The van der Waals surface area contributed by atoms with Crippen molar-refractivity contribution >= 4 is 6.29 Å². The number of benzene rings is 2. The second-order valence-electron chi connectivity index (χ2n) is 5.49. The molecule has 0 amide bonds. The molecule has 24 heavy (non-hydrogen) atoms. The second kappa shape index (κ2) is 9.56. The van der Waals surface area contributed by atoms with Crippen LogP contribution in [0.15, 0.2) is 55.1 Å². The highest BCUT2D eigenvalue weighted by molar-refractivity contribution is 5.77. The van der Waals surface area contributed by atoms with E-state index in [4.69, 9.17) is 9.47 Å². The van der Waals surface area contributed by atoms with Crippen molar-refractivity contribution in [2.75, 3.05) is 13.2 Å². The Balaban J connectivity index is 2.08. The number of allylic oxidation sites excluding steroid dienone is 1. The average Bonchev–Trinajstić information content (AvgIpc) is 2.61. The van der Waals surface area contributed by atoms with E-state index in [2.05, 4.69) is 18.7 Å². The first-order chi connectivity index (χ1) is 11.8. The Morgan fingerprint density at radius 3 is 2.58 bits per heavy atom. The van der Waals surface area contributed by atoms with Gasteiger partial charge in [0, 0.05) is 11.1 Å². The van der Waals surface area contributed by atoms with E-state index in [1.54, 1.807) is 12.1 Å². The first kappa shape index (κ1) is 17.8. The van der Waals surface area contributed by atoms with Crippen molar-refractivity contribution in [3.05, 3.63) is 71.8 Å². The lowest BCUT2D eigenvalue weighted by Crippen LogP contribution is -2.05. The summed E-state index contributed by atoms with van der Waals surface area (Å²) in [6, 6.07) is 13.9. The smallest absolute Gasteiger partial charge is 0.164 e. The molecule has 0 heterocycles. The van der Waals surface area contributed by atoms with Gasteiger partial charge in [0.05, 0.1) is 13.2 Å². The van der Waals surface area contributed by atoms with Gasteiger partial charge in [0.15, 0.2) is 11.5 Å². The lowest BCUT2D eigenvalue weighted by Gasteiger charge is -2.16. The van der Waals surface area contributed by atoms with Gasteiger partial charge in [-0.2, -0.15) is 0 Å². The molecule has 2 rings (SSSR count). The Morgan fingerprint density at radius 2 is 1.92 bits per heavy atom. The molecule has 0 saturated carbocycles. The molecule has 2 aromatic carbocycles. The van der Waals surface area contributed by atoms with Gasteiger partial charge in [-0.05, 0) is 43.9 Å². The molecule has 3 nitrogen and oxygen atoms in total. The van der Waals surface area contributed by atoms with Crippen LogP contribution in [0.3, 0.4) is 0 Å². The fourth-order valence-corrected chi connectivity index (χ4v) is 2.58. The number of rotatable bonds is 10. The van der Waals surface area contributed by atoms with Crippen molar-refractivity contribution in [2.24, 2.45) is 0 Å². The molecule has 0 spiro atoms. The van der Waals surface area contributed by atoms with E-state index in [-0.39, 0.29) is 0 Å². The highest BCUT2D eigenvalue weighted by atomic mass is 16.5. The summed E-state index contributed by atoms with van der Waals surface area (Å²) in [5.41, 5.74) is 2.82. The number of hydrogen-bond acceptors (Lipinski definition) is 3. The van der Waals surface area contributed by atoms with Crippen LogP contribution in [0.1, 0.15) is 34.8 Å². The third-order valence-corrected chi connectivity index (χ3v) is 3.65. The van der Waals surface area contributed by atoms with Crippen molar-refractivity contribution in [1.82, 2.24) is 0 Å². The molecule has 0 aliphatic carbocycles. The first-order valence-electron chi connectivity index (χ1n) is 8.31. The summed E-state index contributed by atoms with van der Waals surface area (Å²) in [5, 5.41) is 0. The monoisotopic (exact) mass is 324 g/mol. The molecular formula is C21H24O3. The molecule has 0 fully saturated rings. The maximum Gasteiger partial charge on any atom is 0.164 e. The van der Waals surface area contributed by atoms with Gasteiger partial charge in [-0.25, -0.2) is 0 Å². The Hall–Kier alpha value is -2.55. The van der Waals surface area contributed by atoms with E-state index in [1.807, 2.05) is 31.2 Å². The summed E-state index contributed by atoms with van der Waals surface area (Å²) >= 11 is 0. The predicted octanol–water partition coefficient (Wildman–Crippen LogP) is 4.64. The van der Waals surface area contributed by atoms with Gasteiger partial charge >= 0.3 is 0 Å². The lowest BCUT2D eigenvalue weighted by molar-refractivity contribution is 0.112. The summed E-state index contributed by atoms with van der Waals surface area (Å²) in [6.07, 6.45) is 5.15. The molecule has 0 saturated heterocycles. The number of carbonyl (C=O) groups is 1. The van der Waals surface area contributed by atoms with Crippen LogP contribution in [0.2, 0.25) is 0 Å². The van der Waals surface area contributed by atoms with Gasteiger partial charge in [-0.1, -0.05) is 36.4 Å². The van der Waals surface area contributed by atoms with Gasteiger partial charge < -0.3 is 9.47 Å². The van der Waals surface area contributed by atoms with E-state index >= 15 is 0 Å². The van der Waals surface area contributed by atoms with Crippen LogP contribution in [0.25, 0.3) is 0 Å². The summed E-state index contributed by atoms with van der Waals surface area (Å²) in [5.74, 6) is 1.34. The molecule has 3 heteroatoms. The Bertz CT molecular complexity index is 662. The Morgan fingerprint density at radius 1 is 1.12 bits per heavy atom. The van der Waals surface area contributed by atoms with E-state index in [0.29, 0.717) is 30.9 Å². The van der Waals surface area contributed by atoms with Crippen LogP contribution in [0.4, 0.5) is 0 Å². The first-order valence-corrected chi connectivity index (χ1v) is 8.31. The highest BCUT2D eigenvalue weighted by Gasteiger charge is 2.13. The van der Waals surface area contributed by atoms with Crippen LogP contribution in [0, 0.1) is 0 Å². The summed E-state index contributed by atoms with van der Waals surface area (Å²) in [6.45, 7) is 6.82. The highest BCUT2D eigenvalue weighted by Crippen LogP contribution is 2.33. The molecule has 2 aromatic rings. The summed E-state index contributed by atoms with van der Waals surface area (Å²) in [7, 11) is 0. The molecule has 0 N–H and O–H groups in total. The van der Waals surface area contributed by atoms with E-state index < -0.39 is 0 Å². The van der Waals surface area contributed by atoms with Crippen LogP contribution in [-0.2, 0) is 12.8 Å². The lowest BCUT2D eigenvalue weighted by atomic mass is 10.1. The molecule has 0 atom stereocenters. The van der Waals surface area contributed by atoms with Crippen molar-refractivity contribution < 1.29 is 14.3 Å². The molecule has 0 unspecified atom stereocenters. The largest absolute Gasteiger partial charge is 0.490 e. The van der Waals surface area contributed by atoms with Gasteiger partial charge in [0.1, 0.15) is 6.29 Å². The molecule has 0 bridgehead atoms. The molecule has 126 valence electrons. The molecule has 0 radical (unpaired) electrons. The molecule has 0 aromatic heterocycles. The van der Waals surface area contributed by atoms with Gasteiger partial charge in [0.2, 0.25) is 0 Å². The Kier molecular flexibility index (Phi) is 7.09. The van der Waals surface area contributed by atoms with Crippen LogP contribution >= 0.6 is 0 Å². The fourth-order valence-electron chi connectivity index (χ4n) is 2.58. The second-order valence-corrected chi connectivity index (χ2v) is 5.49. The third-order valence-electron chi connectivity index (χ3n) is 3.65. The van der Waals surface area contributed by atoms with Crippen molar-refractivity contribution in [3.63, 3.8) is 0 Å². The fraction of sp³-hybridized carbons (Fsp3) is 0.286. The Labute approximate surface area is 143 Å². The zero-order valence-corrected chi connectivity index (χ0v) is 14.2. The van der Waals surface area contributed by atoms with Crippen molar-refractivity contribution in [3.8, 4) is 11.5 Å². The zero-order valence-electron chi connectivity index (χ0n) is 14.2. The third kappa shape index (κ3) is 4.98. The topological polar surface area (TPSA) is 35.5 Å². The summed E-state index contributed by atoms with van der Waals surface area (Å²) in [4.78, 5) is 11.1. The number of ether oxygens (including phenoxy) is 2. The van der Waals surface area contributed by atoms with Crippen LogP contribution in [0.5, 0.6) is 11.5 Å². The van der Waals surface area contributed by atoms with Crippen molar-refractivity contribution in [2.45, 2.75) is 26.2 Å². The number of carbonyl (C=O) groups excluding carboxylic acids is 1. The van der Waals surface area contributed by atoms with Gasteiger partial charge in [-0.3, -0.25) is 4.79 Å². The van der Waals surface area contributed by atoms with Crippen molar-refractivity contribution in [1.29, 1.82) is 0 Å². The summed E-state index contributed by atoms with van der Waals surface area (Å²) < 4.78 is 11.7. The number of hydrogen-bond donors (Lipinski definition) is 0. The minimum absolute atomic E-state index is 0.524. The van der Waals surface area contributed by atoms with Gasteiger partial charge in [-0.15, -0.1) is 6.58 Å². The average molecular weight is 324 g/mol. The minimum atomic E-state index is 0.524. The quantitative estimate of drug-likeness (QED) is 0.363. The molecular weight excluding hydrogens is 300 g/mol. The van der Waals surface area contributed by atoms with Crippen LogP contribution < -0.4 is 9.47 Å². The predicted molar refractivity (Wildman–Crippen MR) is 97.2 cm³/mol. The van der Waals surface area contributed by atoms with E-state index in [9.17, 15) is 4.79 Å². The molecule has 0 aliphatic rings. The SMILES string of the molecule is C=CCc1cc(C=O)cc(OCC)c1OCCCc1ccccc1. The zero-order chi connectivity index (χ0) is 17.2.